The van der Waals surface area contributed by atoms with Crippen molar-refractivity contribution in [2.24, 2.45) is 0 Å². The van der Waals surface area contributed by atoms with E-state index in [0.29, 0.717) is 11.5 Å². The predicted octanol–water partition coefficient (Wildman–Crippen LogP) is 1.38. The Labute approximate surface area is 96.6 Å². The molecule has 0 fully saturated rings. The minimum atomic E-state index is -0.714. The van der Waals surface area contributed by atoms with Crippen molar-refractivity contribution in [1.29, 1.82) is 0 Å². The van der Waals surface area contributed by atoms with E-state index in [4.69, 9.17) is 5.73 Å². The predicted molar refractivity (Wildman–Crippen MR) is 59.3 cm³/mol. The molecule has 0 amide bonds. The van der Waals surface area contributed by atoms with Gasteiger partial charge in [-0.15, -0.1) is 0 Å². The number of nitrogens with zero attached hydrogens (tertiary/aromatic N) is 2. The summed E-state index contributed by atoms with van der Waals surface area (Å²) < 4.78 is 19.5. The standard InChI is InChI=1S/C11H10FN3O2/c1-17-11(16)8-3-2-7(6-9(8)12)15-5-4-10(13)14-15/h2-6H,1H3,(H2,13,14). The summed E-state index contributed by atoms with van der Waals surface area (Å²) >= 11 is 0. The van der Waals surface area contributed by atoms with Crippen LogP contribution in [0.1, 0.15) is 10.4 Å². The fourth-order valence-electron chi connectivity index (χ4n) is 1.40. The van der Waals surface area contributed by atoms with Crippen molar-refractivity contribution >= 4 is 11.8 Å². The van der Waals surface area contributed by atoms with Crippen LogP contribution in [0.5, 0.6) is 0 Å². The van der Waals surface area contributed by atoms with Gasteiger partial charge in [0.1, 0.15) is 11.6 Å². The van der Waals surface area contributed by atoms with E-state index in [9.17, 15) is 9.18 Å². The van der Waals surface area contributed by atoms with Gasteiger partial charge in [-0.25, -0.2) is 13.9 Å². The smallest absolute Gasteiger partial charge is 0.340 e. The zero-order valence-electron chi connectivity index (χ0n) is 9.05. The average molecular weight is 235 g/mol. The van der Waals surface area contributed by atoms with Crippen molar-refractivity contribution in [3.63, 3.8) is 0 Å². The molecule has 1 aromatic carbocycles. The summed E-state index contributed by atoms with van der Waals surface area (Å²) in [5, 5.41) is 3.93. The molecule has 2 aromatic rings. The highest BCUT2D eigenvalue weighted by atomic mass is 19.1. The number of aromatic nitrogens is 2. The first-order valence-corrected chi connectivity index (χ1v) is 4.81. The van der Waals surface area contributed by atoms with Gasteiger partial charge >= 0.3 is 5.97 Å². The number of ether oxygens (including phenoxy) is 1. The number of nitrogen functional groups attached to an aromatic ring is 1. The van der Waals surface area contributed by atoms with Gasteiger partial charge in [0.15, 0.2) is 0 Å². The molecule has 2 rings (SSSR count). The third-order valence-electron chi connectivity index (χ3n) is 2.23. The summed E-state index contributed by atoms with van der Waals surface area (Å²) in [6.07, 6.45) is 1.60. The van der Waals surface area contributed by atoms with Crippen LogP contribution in [-0.4, -0.2) is 22.9 Å². The Kier molecular flexibility index (Phi) is 2.78. The second kappa shape index (κ2) is 4.25. The van der Waals surface area contributed by atoms with E-state index in [2.05, 4.69) is 9.84 Å². The van der Waals surface area contributed by atoms with Crippen LogP contribution in [0.25, 0.3) is 5.69 Å². The molecule has 1 heterocycles. The Balaban J connectivity index is 2.40. The Hall–Kier alpha value is -2.37. The maximum atomic E-state index is 13.6. The molecule has 1 aromatic heterocycles. The largest absolute Gasteiger partial charge is 0.465 e. The fraction of sp³-hybridized carbons (Fsp3) is 0.0909. The number of nitrogens with two attached hydrogens (primary N) is 1. The molecule has 88 valence electrons. The number of anilines is 1. The third-order valence-corrected chi connectivity index (χ3v) is 2.23. The lowest BCUT2D eigenvalue weighted by atomic mass is 10.2. The minimum Gasteiger partial charge on any atom is -0.465 e. The Bertz CT molecular complexity index is 566. The number of hydrogen-bond acceptors (Lipinski definition) is 4. The molecule has 0 aliphatic carbocycles. The van der Waals surface area contributed by atoms with E-state index in [1.807, 2.05) is 0 Å². The van der Waals surface area contributed by atoms with Gasteiger partial charge in [0.05, 0.1) is 18.4 Å². The van der Waals surface area contributed by atoms with Crippen molar-refractivity contribution < 1.29 is 13.9 Å². The van der Waals surface area contributed by atoms with E-state index in [1.54, 1.807) is 18.3 Å². The van der Waals surface area contributed by atoms with Crippen LogP contribution in [0.3, 0.4) is 0 Å². The molecule has 0 spiro atoms. The summed E-state index contributed by atoms with van der Waals surface area (Å²) in [5.41, 5.74) is 5.82. The molecular formula is C11H10FN3O2. The quantitative estimate of drug-likeness (QED) is 0.798. The summed E-state index contributed by atoms with van der Waals surface area (Å²) in [5.74, 6) is -1.04. The lowest BCUT2D eigenvalue weighted by Crippen LogP contribution is -2.06. The summed E-state index contributed by atoms with van der Waals surface area (Å²) in [7, 11) is 1.20. The molecule has 0 aliphatic rings. The SMILES string of the molecule is COC(=O)c1ccc(-n2ccc(N)n2)cc1F. The van der Waals surface area contributed by atoms with Crippen LogP contribution in [0.4, 0.5) is 10.2 Å². The number of carbonyl (C=O) groups excluding carboxylic acids is 1. The first kappa shape index (κ1) is 11.1. The maximum Gasteiger partial charge on any atom is 0.340 e. The van der Waals surface area contributed by atoms with Crippen LogP contribution in [0.15, 0.2) is 30.5 Å². The van der Waals surface area contributed by atoms with Crippen molar-refractivity contribution in [2.75, 3.05) is 12.8 Å². The van der Waals surface area contributed by atoms with E-state index in [-0.39, 0.29) is 5.56 Å². The number of esters is 1. The first-order chi connectivity index (χ1) is 8.11. The highest BCUT2D eigenvalue weighted by Crippen LogP contribution is 2.15. The van der Waals surface area contributed by atoms with E-state index in [1.165, 1.54) is 23.9 Å². The van der Waals surface area contributed by atoms with Crippen LogP contribution < -0.4 is 5.73 Å². The van der Waals surface area contributed by atoms with Crippen molar-refractivity contribution in [2.45, 2.75) is 0 Å². The van der Waals surface area contributed by atoms with Crippen LogP contribution in [0.2, 0.25) is 0 Å². The lowest BCUT2D eigenvalue weighted by molar-refractivity contribution is 0.0595. The Morgan fingerprint density at radius 2 is 2.24 bits per heavy atom. The molecule has 17 heavy (non-hydrogen) atoms. The van der Waals surface area contributed by atoms with Gasteiger partial charge in [0.2, 0.25) is 0 Å². The monoisotopic (exact) mass is 235 g/mol. The van der Waals surface area contributed by atoms with Gasteiger partial charge in [0, 0.05) is 18.3 Å². The topological polar surface area (TPSA) is 70.1 Å². The Morgan fingerprint density at radius 1 is 1.47 bits per heavy atom. The number of methoxy groups -OCH3 is 1. The molecule has 6 heteroatoms. The second-order valence-corrected chi connectivity index (χ2v) is 3.34. The van der Waals surface area contributed by atoms with Gasteiger partial charge in [-0.3, -0.25) is 0 Å². The molecule has 0 radical (unpaired) electrons. The molecule has 0 unspecified atom stereocenters. The number of rotatable bonds is 2. The maximum absolute atomic E-state index is 13.6. The Morgan fingerprint density at radius 3 is 2.76 bits per heavy atom. The molecule has 0 saturated carbocycles. The highest BCUT2D eigenvalue weighted by Gasteiger charge is 2.12. The summed E-state index contributed by atoms with van der Waals surface area (Å²) in [6, 6.07) is 5.68. The van der Waals surface area contributed by atoms with E-state index < -0.39 is 11.8 Å². The van der Waals surface area contributed by atoms with Crippen LogP contribution in [0, 0.1) is 5.82 Å². The molecule has 0 aliphatic heterocycles. The van der Waals surface area contributed by atoms with Crippen LogP contribution >= 0.6 is 0 Å². The molecule has 0 atom stereocenters. The van der Waals surface area contributed by atoms with Gasteiger partial charge < -0.3 is 10.5 Å². The van der Waals surface area contributed by atoms with Crippen molar-refractivity contribution in [3.05, 3.63) is 41.8 Å². The van der Waals surface area contributed by atoms with Gasteiger partial charge in [0.25, 0.3) is 0 Å². The lowest BCUT2D eigenvalue weighted by Gasteiger charge is -2.04. The minimum absolute atomic E-state index is 0.114. The van der Waals surface area contributed by atoms with E-state index >= 15 is 0 Å². The number of carbonyl (C=O) groups is 1. The summed E-state index contributed by atoms with van der Waals surface area (Å²) in [6.45, 7) is 0. The number of benzene rings is 1. The van der Waals surface area contributed by atoms with Gasteiger partial charge in [-0.1, -0.05) is 0 Å². The zero-order valence-corrected chi connectivity index (χ0v) is 9.05. The van der Waals surface area contributed by atoms with E-state index in [0.717, 1.165) is 0 Å². The van der Waals surface area contributed by atoms with Gasteiger partial charge in [-0.05, 0) is 12.1 Å². The molecule has 2 N–H and O–H groups in total. The number of hydrogen-bond donors (Lipinski definition) is 1. The molecule has 0 bridgehead atoms. The molecular weight excluding hydrogens is 225 g/mol. The third kappa shape index (κ3) is 2.10. The van der Waals surface area contributed by atoms with Crippen LogP contribution in [-0.2, 0) is 4.74 Å². The number of halogens is 1. The normalized spacial score (nSPS) is 10.2. The molecule has 5 nitrogen and oxygen atoms in total. The van der Waals surface area contributed by atoms with Crippen molar-refractivity contribution in [3.8, 4) is 5.69 Å². The zero-order chi connectivity index (χ0) is 12.4. The second-order valence-electron chi connectivity index (χ2n) is 3.34. The highest BCUT2D eigenvalue weighted by molar-refractivity contribution is 5.89. The van der Waals surface area contributed by atoms with Gasteiger partial charge in [-0.2, -0.15) is 5.10 Å². The fourth-order valence-corrected chi connectivity index (χ4v) is 1.40. The summed E-state index contributed by atoms with van der Waals surface area (Å²) in [4.78, 5) is 11.2. The molecule has 0 saturated heterocycles. The van der Waals surface area contributed by atoms with Crippen molar-refractivity contribution in [1.82, 2.24) is 9.78 Å². The average Bonchev–Trinajstić information content (AvgIpc) is 2.75. The first-order valence-electron chi connectivity index (χ1n) is 4.81.